The van der Waals surface area contributed by atoms with E-state index in [1.807, 2.05) is 24.3 Å². The molecule has 6 heteroatoms. The third kappa shape index (κ3) is 2.37. The summed E-state index contributed by atoms with van der Waals surface area (Å²) < 4.78 is 2.93. The molecule has 0 aliphatic rings. The maximum atomic E-state index is 12.5. The highest BCUT2D eigenvalue weighted by molar-refractivity contribution is 7.19. The van der Waals surface area contributed by atoms with E-state index in [9.17, 15) is 4.79 Å². The highest BCUT2D eigenvalue weighted by Gasteiger charge is 2.13. The molecule has 0 unspecified atom stereocenters. The molecule has 3 heterocycles. The number of aryl methyl sites for hydroxylation is 1. The molecule has 0 spiro atoms. The molecule has 1 N–H and O–H groups in total. The molecule has 0 saturated heterocycles. The number of nitrogens with one attached hydrogen (secondary N) is 1. The van der Waals surface area contributed by atoms with Crippen molar-refractivity contribution in [3.8, 4) is 0 Å². The smallest absolute Gasteiger partial charge is 0.268 e. The zero-order chi connectivity index (χ0) is 15.8. The lowest BCUT2D eigenvalue weighted by Crippen LogP contribution is -2.25. The van der Waals surface area contributed by atoms with Gasteiger partial charge in [0.2, 0.25) is 0 Å². The lowest BCUT2D eigenvalue weighted by atomic mass is 10.1. The summed E-state index contributed by atoms with van der Waals surface area (Å²) in [5.41, 5.74) is 2.37. The molecule has 0 aliphatic heterocycles. The van der Waals surface area contributed by atoms with E-state index in [1.54, 1.807) is 28.1 Å². The van der Waals surface area contributed by atoms with Gasteiger partial charge in [-0.1, -0.05) is 24.3 Å². The van der Waals surface area contributed by atoms with Crippen LogP contribution in [0, 0.1) is 6.92 Å². The Morgan fingerprint density at radius 3 is 3.00 bits per heavy atom. The molecule has 4 aromatic rings. The summed E-state index contributed by atoms with van der Waals surface area (Å²) in [4.78, 5) is 13.7. The Hall–Kier alpha value is -2.73. The summed E-state index contributed by atoms with van der Waals surface area (Å²) in [5.74, 6) is -0.134. The van der Waals surface area contributed by atoms with Crippen LogP contribution in [0.3, 0.4) is 0 Å². The maximum absolute atomic E-state index is 12.5. The first kappa shape index (κ1) is 13.9. The van der Waals surface area contributed by atoms with E-state index in [4.69, 9.17) is 0 Å². The lowest BCUT2D eigenvalue weighted by molar-refractivity contribution is 0.0945. The molecule has 3 aromatic heterocycles. The Morgan fingerprint density at radius 2 is 2.09 bits per heavy atom. The minimum Gasteiger partial charge on any atom is -0.347 e. The number of carbonyl (C=O) groups is 1. The van der Waals surface area contributed by atoms with Crippen LogP contribution in [-0.2, 0) is 6.54 Å². The standard InChI is InChI=1S/C17H14N4OS/c1-11-13(12-5-2-3-7-15(12)23-11)9-18-17(22)14-6-4-8-16-20-19-10-21(14)16/h2-8,10H,9H2,1H3,(H,18,22). The van der Waals surface area contributed by atoms with Crippen molar-refractivity contribution in [2.45, 2.75) is 13.5 Å². The van der Waals surface area contributed by atoms with Crippen LogP contribution in [0.4, 0.5) is 0 Å². The average molecular weight is 322 g/mol. The Morgan fingerprint density at radius 1 is 1.22 bits per heavy atom. The zero-order valence-corrected chi connectivity index (χ0v) is 13.3. The molecular weight excluding hydrogens is 308 g/mol. The van der Waals surface area contributed by atoms with Crippen LogP contribution in [0.25, 0.3) is 15.7 Å². The number of hydrogen-bond donors (Lipinski definition) is 1. The van der Waals surface area contributed by atoms with E-state index in [2.05, 4.69) is 34.6 Å². The second-order valence-corrected chi connectivity index (χ2v) is 6.54. The van der Waals surface area contributed by atoms with Gasteiger partial charge < -0.3 is 5.32 Å². The van der Waals surface area contributed by atoms with Gasteiger partial charge in [-0.25, -0.2) is 0 Å². The summed E-state index contributed by atoms with van der Waals surface area (Å²) in [6.45, 7) is 2.60. The molecule has 5 nitrogen and oxygen atoms in total. The van der Waals surface area contributed by atoms with Gasteiger partial charge in [-0.2, -0.15) is 0 Å². The first-order valence-corrected chi connectivity index (χ1v) is 8.09. The minimum atomic E-state index is -0.134. The van der Waals surface area contributed by atoms with Crippen molar-refractivity contribution < 1.29 is 4.79 Å². The van der Waals surface area contributed by atoms with Gasteiger partial charge in [-0.15, -0.1) is 21.5 Å². The van der Waals surface area contributed by atoms with Gasteiger partial charge in [0.05, 0.1) is 0 Å². The molecular formula is C17H14N4OS. The van der Waals surface area contributed by atoms with E-state index < -0.39 is 0 Å². The molecule has 1 amide bonds. The number of thiophene rings is 1. The molecule has 0 aliphatic carbocycles. The molecule has 0 saturated carbocycles. The van der Waals surface area contributed by atoms with Crippen molar-refractivity contribution in [2.24, 2.45) is 0 Å². The van der Waals surface area contributed by atoms with E-state index in [0.29, 0.717) is 17.9 Å². The summed E-state index contributed by atoms with van der Waals surface area (Å²) >= 11 is 1.75. The number of amides is 1. The fraction of sp³-hybridized carbons (Fsp3) is 0.118. The van der Waals surface area contributed by atoms with E-state index >= 15 is 0 Å². The number of rotatable bonds is 3. The topological polar surface area (TPSA) is 59.3 Å². The average Bonchev–Trinajstić information content (AvgIpc) is 3.16. The summed E-state index contributed by atoms with van der Waals surface area (Å²) in [6, 6.07) is 13.7. The van der Waals surface area contributed by atoms with Crippen LogP contribution in [0.15, 0.2) is 48.8 Å². The first-order valence-electron chi connectivity index (χ1n) is 7.28. The van der Waals surface area contributed by atoms with Crippen molar-refractivity contribution in [3.05, 3.63) is 64.9 Å². The third-order valence-corrected chi connectivity index (χ3v) is 5.02. The quantitative estimate of drug-likeness (QED) is 0.630. The van der Waals surface area contributed by atoms with E-state index in [-0.39, 0.29) is 5.91 Å². The molecule has 114 valence electrons. The van der Waals surface area contributed by atoms with E-state index in [0.717, 1.165) is 0 Å². The van der Waals surface area contributed by atoms with Gasteiger partial charge in [0, 0.05) is 16.1 Å². The Labute approximate surface area is 136 Å². The van der Waals surface area contributed by atoms with Crippen molar-refractivity contribution in [3.63, 3.8) is 0 Å². The van der Waals surface area contributed by atoms with Crippen LogP contribution in [0.5, 0.6) is 0 Å². The van der Waals surface area contributed by atoms with Crippen molar-refractivity contribution >= 4 is 33.0 Å². The Balaban J connectivity index is 1.62. The predicted molar refractivity (Wildman–Crippen MR) is 90.7 cm³/mol. The monoisotopic (exact) mass is 322 g/mol. The lowest BCUT2D eigenvalue weighted by Gasteiger charge is -2.07. The fourth-order valence-electron chi connectivity index (χ4n) is 2.73. The van der Waals surface area contributed by atoms with Gasteiger partial charge in [-0.05, 0) is 36.1 Å². The highest BCUT2D eigenvalue weighted by atomic mass is 32.1. The van der Waals surface area contributed by atoms with Gasteiger partial charge in [0.15, 0.2) is 5.65 Å². The Bertz CT molecular complexity index is 1020. The second-order valence-electron chi connectivity index (χ2n) is 5.29. The minimum absolute atomic E-state index is 0.134. The number of hydrogen-bond acceptors (Lipinski definition) is 4. The SMILES string of the molecule is Cc1sc2ccccc2c1CNC(=O)c1cccc2nncn12. The van der Waals surface area contributed by atoms with Crippen LogP contribution >= 0.6 is 11.3 Å². The Kier molecular flexibility index (Phi) is 3.31. The number of benzene rings is 1. The molecule has 4 rings (SSSR count). The normalized spacial score (nSPS) is 11.2. The van der Waals surface area contributed by atoms with E-state index in [1.165, 1.54) is 20.5 Å². The molecule has 23 heavy (non-hydrogen) atoms. The van der Waals surface area contributed by atoms with Crippen molar-refractivity contribution in [1.29, 1.82) is 0 Å². The van der Waals surface area contributed by atoms with Crippen molar-refractivity contribution in [1.82, 2.24) is 19.9 Å². The fourth-order valence-corrected chi connectivity index (χ4v) is 3.82. The maximum Gasteiger partial charge on any atom is 0.268 e. The number of nitrogens with zero attached hydrogens (tertiary/aromatic N) is 3. The van der Waals surface area contributed by atoms with Gasteiger partial charge >= 0.3 is 0 Å². The predicted octanol–water partition coefficient (Wildman–Crippen LogP) is 3.18. The molecule has 1 aromatic carbocycles. The van der Waals surface area contributed by atoms with Gasteiger partial charge in [-0.3, -0.25) is 9.20 Å². The number of fused-ring (bicyclic) bond motifs is 2. The molecule has 0 radical (unpaired) electrons. The molecule has 0 atom stereocenters. The summed E-state index contributed by atoms with van der Waals surface area (Å²) in [5, 5.41) is 12.0. The highest BCUT2D eigenvalue weighted by Crippen LogP contribution is 2.30. The second kappa shape index (κ2) is 5.48. The van der Waals surface area contributed by atoms with Gasteiger partial charge in [0.25, 0.3) is 5.91 Å². The van der Waals surface area contributed by atoms with Gasteiger partial charge in [0.1, 0.15) is 12.0 Å². The molecule has 0 bridgehead atoms. The van der Waals surface area contributed by atoms with Crippen LogP contribution in [-0.4, -0.2) is 20.5 Å². The zero-order valence-electron chi connectivity index (χ0n) is 12.5. The third-order valence-electron chi connectivity index (χ3n) is 3.89. The number of pyridine rings is 1. The summed E-state index contributed by atoms with van der Waals surface area (Å²) in [6.07, 6.45) is 1.55. The summed E-state index contributed by atoms with van der Waals surface area (Å²) in [7, 11) is 0. The molecule has 0 fully saturated rings. The first-order chi connectivity index (χ1) is 11.2. The van der Waals surface area contributed by atoms with Crippen molar-refractivity contribution in [2.75, 3.05) is 0 Å². The largest absolute Gasteiger partial charge is 0.347 e. The van der Waals surface area contributed by atoms with Crippen LogP contribution in [0.2, 0.25) is 0 Å². The number of carbonyl (C=O) groups excluding carboxylic acids is 1. The van der Waals surface area contributed by atoms with Crippen LogP contribution < -0.4 is 5.32 Å². The van der Waals surface area contributed by atoms with Crippen LogP contribution in [0.1, 0.15) is 20.9 Å². The number of aromatic nitrogens is 3.